The lowest BCUT2D eigenvalue weighted by Gasteiger charge is -2.13. The molecule has 9 heteroatoms. The van der Waals surface area contributed by atoms with E-state index in [4.69, 9.17) is 21.4 Å². The normalized spacial score (nSPS) is 19.6. The Hall–Kier alpha value is -1.80. The third kappa shape index (κ3) is 4.35. The van der Waals surface area contributed by atoms with Gasteiger partial charge in [-0.3, -0.25) is 4.79 Å². The first-order chi connectivity index (χ1) is 10.3. The molecule has 0 aromatic heterocycles. The summed E-state index contributed by atoms with van der Waals surface area (Å²) in [5, 5.41) is 11.8. The molecule has 0 aliphatic carbocycles. The molecule has 1 amide bonds. The SMILES string of the molecule is O=C(COc1cc(Cl)ccc1C(=O)O)NC1CCS(=O)(=O)C1. The molecular weight excluding hydrogens is 334 g/mol. The van der Waals surface area contributed by atoms with Gasteiger partial charge in [-0.25, -0.2) is 13.2 Å². The standard InChI is InChI=1S/C13H14ClNO6S/c14-8-1-2-10(13(17)18)11(5-8)21-6-12(16)15-9-3-4-22(19,20)7-9/h1-2,5,9H,3-4,6-7H2,(H,15,16)(H,17,18). The van der Waals surface area contributed by atoms with Crippen molar-refractivity contribution in [3.05, 3.63) is 28.8 Å². The zero-order valence-corrected chi connectivity index (χ0v) is 13.0. The van der Waals surface area contributed by atoms with Crippen LogP contribution in [0.25, 0.3) is 0 Å². The minimum atomic E-state index is -3.08. The fraction of sp³-hybridized carbons (Fsp3) is 0.385. The molecule has 1 fully saturated rings. The number of carbonyl (C=O) groups excluding carboxylic acids is 1. The smallest absolute Gasteiger partial charge is 0.339 e. The van der Waals surface area contributed by atoms with Crippen molar-refractivity contribution in [2.24, 2.45) is 0 Å². The summed E-state index contributed by atoms with van der Waals surface area (Å²) in [7, 11) is -3.08. The summed E-state index contributed by atoms with van der Waals surface area (Å²) in [5.74, 6) is -1.77. The molecule has 22 heavy (non-hydrogen) atoms. The largest absolute Gasteiger partial charge is 0.483 e. The Balaban J connectivity index is 1.94. The van der Waals surface area contributed by atoms with E-state index in [2.05, 4.69) is 5.32 Å². The first kappa shape index (κ1) is 16.6. The quantitative estimate of drug-likeness (QED) is 0.812. The highest BCUT2D eigenvalue weighted by atomic mass is 35.5. The molecule has 1 aromatic rings. The minimum Gasteiger partial charge on any atom is -0.483 e. The first-order valence-corrected chi connectivity index (χ1v) is 8.62. The van der Waals surface area contributed by atoms with Gasteiger partial charge in [0.2, 0.25) is 0 Å². The van der Waals surface area contributed by atoms with E-state index in [9.17, 15) is 18.0 Å². The second-order valence-corrected chi connectivity index (χ2v) is 7.57. The van der Waals surface area contributed by atoms with Crippen LogP contribution in [-0.2, 0) is 14.6 Å². The Morgan fingerprint density at radius 2 is 2.14 bits per heavy atom. The van der Waals surface area contributed by atoms with Crippen LogP contribution in [0.4, 0.5) is 0 Å². The Labute approximate surface area is 132 Å². The zero-order chi connectivity index (χ0) is 16.3. The van der Waals surface area contributed by atoms with Gasteiger partial charge in [-0.05, 0) is 24.6 Å². The monoisotopic (exact) mass is 347 g/mol. The van der Waals surface area contributed by atoms with Gasteiger partial charge < -0.3 is 15.2 Å². The Morgan fingerprint density at radius 3 is 2.73 bits per heavy atom. The Kier molecular flexibility index (Phi) is 4.92. The maximum absolute atomic E-state index is 11.7. The number of aromatic carboxylic acids is 1. The van der Waals surface area contributed by atoms with Gasteiger partial charge in [0.25, 0.3) is 5.91 Å². The zero-order valence-electron chi connectivity index (χ0n) is 11.4. The predicted molar refractivity (Wildman–Crippen MR) is 79.1 cm³/mol. The molecule has 120 valence electrons. The number of hydrogen-bond donors (Lipinski definition) is 2. The molecule has 7 nitrogen and oxygen atoms in total. The first-order valence-electron chi connectivity index (χ1n) is 6.42. The van der Waals surface area contributed by atoms with Crippen molar-refractivity contribution >= 4 is 33.3 Å². The van der Waals surface area contributed by atoms with Gasteiger partial charge in [-0.2, -0.15) is 0 Å². The second kappa shape index (κ2) is 6.53. The van der Waals surface area contributed by atoms with Crippen molar-refractivity contribution in [3.8, 4) is 5.75 Å². The molecule has 0 spiro atoms. The van der Waals surface area contributed by atoms with E-state index in [0.29, 0.717) is 6.42 Å². The lowest BCUT2D eigenvalue weighted by molar-refractivity contribution is -0.123. The van der Waals surface area contributed by atoms with Crippen LogP contribution in [-0.4, -0.2) is 49.6 Å². The van der Waals surface area contributed by atoms with Crippen molar-refractivity contribution in [1.82, 2.24) is 5.32 Å². The lowest BCUT2D eigenvalue weighted by Crippen LogP contribution is -2.38. The average molecular weight is 348 g/mol. The van der Waals surface area contributed by atoms with Gasteiger partial charge >= 0.3 is 5.97 Å². The van der Waals surface area contributed by atoms with Crippen LogP contribution in [0.1, 0.15) is 16.8 Å². The van der Waals surface area contributed by atoms with Crippen LogP contribution in [0.2, 0.25) is 5.02 Å². The molecule has 2 rings (SSSR count). The fourth-order valence-electron chi connectivity index (χ4n) is 2.11. The van der Waals surface area contributed by atoms with Crippen LogP contribution in [0.15, 0.2) is 18.2 Å². The van der Waals surface area contributed by atoms with E-state index >= 15 is 0 Å². The number of carbonyl (C=O) groups is 2. The number of amides is 1. The third-order valence-electron chi connectivity index (χ3n) is 3.13. The van der Waals surface area contributed by atoms with Crippen molar-refractivity contribution in [2.75, 3.05) is 18.1 Å². The Morgan fingerprint density at radius 1 is 1.41 bits per heavy atom. The minimum absolute atomic E-state index is 0.0193. The molecular formula is C13H14ClNO6S. The van der Waals surface area contributed by atoms with Crippen LogP contribution in [0, 0.1) is 0 Å². The molecule has 0 bridgehead atoms. The number of ether oxygens (including phenoxy) is 1. The summed E-state index contributed by atoms with van der Waals surface area (Å²) in [6, 6.07) is 3.56. The molecule has 1 unspecified atom stereocenters. The Bertz CT molecular complexity index is 702. The fourth-order valence-corrected chi connectivity index (χ4v) is 3.95. The van der Waals surface area contributed by atoms with Crippen molar-refractivity contribution in [3.63, 3.8) is 0 Å². The molecule has 1 heterocycles. The molecule has 1 aliphatic heterocycles. The van der Waals surface area contributed by atoms with E-state index in [1.807, 2.05) is 0 Å². The van der Waals surface area contributed by atoms with E-state index in [0.717, 1.165) is 0 Å². The van der Waals surface area contributed by atoms with Gasteiger partial charge in [0.1, 0.15) is 11.3 Å². The molecule has 1 atom stereocenters. The average Bonchev–Trinajstić information content (AvgIpc) is 2.75. The van der Waals surface area contributed by atoms with Crippen molar-refractivity contribution in [2.45, 2.75) is 12.5 Å². The van der Waals surface area contributed by atoms with Gasteiger partial charge in [-0.1, -0.05) is 11.6 Å². The highest BCUT2D eigenvalue weighted by molar-refractivity contribution is 7.91. The molecule has 0 radical (unpaired) electrons. The topological polar surface area (TPSA) is 110 Å². The van der Waals surface area contributed by atoms with E-state index in [1.165, 1.54) is 18.2 Å². The summed E-state index contributed by atoms with van der Waals surface area (Å²) in [6.07, 6.45) is 0.367. The second-order valence-electron chi connectivity index (χ2n) is 4.90. The molecule has 0 saturated carbocycles. The molecule has 2 N–H and O–H groups in total. The van der Waals surface area contributed by atoms with Crippen LogP contribution < -0.4 is 10.1 Å². The van der Waals surface area contributed by atoms with E-state index in [1.54, 1.807) is 0 Å². The number of nitrogens with one attached hydrogen (secondary N) is 1. The van der Waals surface area contributed by atoms with Crippen LogP contribution in [0.5, 0.6) is 5.75 Å². The third-order valence-corrected chi connectivity index (χ3v) is 5.13. The van der Waals surface area contributed by atoms with E-state index < -0.39 is 34.4 Å². The summed E-state index contributed by atoms with van der Waals surface area (Å²) in [4.78, 5) is 22.8. The number of halogens is 1. The van der Waals surface area contributed by atoms with Gasteiger partial charge in [-0.15, -0.1) is 0 Å². The highest BCUT2D eigenvalue weighted by Crippen LogP contribution is 2.23. The van der Waals surface area contributed by atoms with Crippen LogP contribution in [0.3, 0.4) is 0 Å². The van der Waals surface area contributed by atoms with Crippen LogP contribution >= 0.6 is 11.6 Å². The van der Waals surface area contributed by atoms with Crippen molar-refractivity contribution < 1.29 is 27.9 Å². The lowest BCUT2D eigenvalue weighted by atomic mass is 10.2. The van der Waals surface area contributed by atoms with Gasteiger partial charge in [0.05, 0.1) is 11.5 Å². The maximum atomic E-state index is 11.7. The number of carboxylic acids is 1. The maximum Gasteiger partial charge on any atom is 0.339 e. The van der Waals surface area contributed by atoms with Gasteiger partial charge in [0, 0.05) is 11.1 Å². The molecule has 1 aromatic carbocycles. The number of sulfone groups is 1. The number of rotatable bonds is 5. The highest BCUT2D eigenvalue weighted by Gasteiger charge is 2.29. The number of carboxylic acid groups (broad SMARTS) is 1. The number of benzene rings is 1. The molecule has 1 aliphatic rings. The summed E-state index contributed by atoms with van der Waals surface area (Å²) >= 11 is 5.77. The summed E-state index contributed by atoms with van der Waals surface area (Å²) < 4.78 is 27.8. The van der Waals surface area contributed by atoms with Gasteiger partial charge in [0.15, 0.2) is 16.4 Å². The predicted octanol–water partition coefficient (Wildman–Crippen LogP) is 0.720. The molecule has 1 saturated heterocycles. The van der Waals surface area contributed by atoms with E-state index in [-0.39, 0.29) is 27.8 Å². The number of hydrogen-bond acceptors (Lipinski definition) is 5. The summed E-state index contributed by atoms with van der Waals surface area (Å²) in [5.41, 5.74) is -0.111. The van der Waals surface area contributed by atoms with Crippen molar-refractivity contribution in [1.29, 1.82) is 0 Å². The summed E-state index contributed by atoms with van der Waals surface area (Å²) in [6.45, 7) is -0.419.